The zero-order chi connectivity index (χ0) is 9.97. The second-order valence-corrected chi connectivity index (χ2v) is 3.07. The molecule has 0 unspecified atom stereocenters. The lowest BCUT2D eigenvalue weighted by Crippen LogP contribution is -2.27. The number of carbonyl (C=O) groups is 1. The highest BCUT2D eigenvalue weighted by atomic mass is 16.2. The lowest BCUT2D eigenvalue weighted by molar-refractivity contribution is 0.252. The van der Waals surface area contributed by atoms with Gasteiger partial charge in [-0.05, 0) is 24.3 Å². The molecule has 1 aliphatic rings. The van der Waals surface area contributed by atoms with Crippen molar-refractivity contribution < 1.29 is 4.79 Å². The third-order valence-corrected chi connectivity index (χ3v) is 2.20. The molecule has 1 aromatic rings. The summed E-state index contributed by atoms with van der Waals surface area (Å²) >= 11 is 0. The normalized spacial score (nSPS) is 15.1. The number of rotatable bonds is 1. The number of carbonyl (C=O) groups excluding carboxylic acids is 1. The third-order valence-electron chi connectivity index (χ3n) is 2.20. The zero-order valence-corrected chi connectivity index (χ0v) is 7.66. The van der Waals surface area contributed by atoms with Crippen LogP contribution >= 0.6 is 0 Å². The summed E-state index contributed by atoms with van der Waals surface area (Å²) < 4.78 is 0. The fourth-order valence-corrected chi connectivity index (χ4v) is 1.46. The monoisotopic (exact) mass is 186 g/mol. The Morgan fingerprint density at radius 1 is 1.36 bits per heavy atom. The molecule has 2 rings (SSSR count). The maximum absolute atomic E-state index is 11.3. The molecule has 1 aliphatic heterocycles. The first kappa shape index (κ1) is 8.64. The van der Waals surface area contributed by atoms with Gasteiger partial charge in [0.25, 0.3) is 0 Å². The molecule has 0 spiro atoms. The van der Waals surface area contributed by atoms with E-state index in [0.717, 1.165) is 11.3 Å². The molecule has 0 aliphatic carbocycles. The standard InChI is InChI=1S/C11H10N2O/c1-2-9-3-5-10(6-4-9)13-8-7-12-11(13)14/h1,3-6H,7-8H2,(H,12,14). The predicted octanol–water partition coefficient (Wildman–Crippen LogP) is 1.20. The SMILES string of the molecule is C#Cc1ccc(N2CCNC2=O)cc1. The summed E-state index contributed by atoms with van der Waals surface area (Å²) in [7, 11) is 0. The van der Waals surface area contributed by atoms with Crippen LogP contribution < -0.4 is 10.2 Å². The van der Waals surface area contributed by atoms with Crippen LogP contribution in [0.1, 0.15) is 5.56 Å². The van der Waals surface area contributed by atoms with Crippen molar-refractivity contribution >= 4 is 11.7 Å². The molecule has 3 nitrogen and oxygen atoms in total. The molecule has 1 N–H and O–H groups in total. The maximum Gasteiger partial charge on any atom is 0.321 e. The van der Waals surface area contributed by atoms with E-state index in [9.17, 15) is 4.79 Å². The van der Waals surface area contributed by atoms with Crippen molar-refractivity contribution in [3.8, 4) is 12.3 Å². The van der Waals surface area contributed by atoms with Gasteiger partial charge in [-0.2, -0.15) is 0 Å². The molecule has 3 heteroatoms. The van der Waals surface area contributed by atoms with Gasteiger partial charge in [0.05, 0.1) is 0 Å². The average molecular weight is 186 g/mol. The van der Waals surface area contributed by atoms with E-state index in [4.69, 9.17) is 6.42 Å². The van der Waals surface area contributed by atoms with Gasteiger partial charge in [0.2, 0.25) is 0 Å². The number of benzene rings is 1. The van der Waals surface area contributed by atoms with Crippen LogP contribution in [0.5, 0.6) is 0 Å². The Kier molecular flexibility index (Phi) is 2.11. The van der Waals surface area contributed by atoms with E-state index >= 15 is 0 Å². The van der Waals surface area contributed by atoms with Crippen LogP contribution in [-0.2, 0) is 0 Å². The van der Waals surface area contributed by atoms with E-state index < -0.39 is 0 Å². The van der Waals surface area contributed by atoms with Crippen molar-refractivity contribution in [2.75, 3.05) is 18.0 Å². The fourth-order valence-electron chi connectivity index (χ4n) is 1.46. The van der Waals surface area contributed by atoms with E-state index in [-0.39, 0.29) is 6.03 Å². The van der Waals surface area contributed by atoms with Gasteiger partial charge in [-0.25, -0.2) is 4.79 Å². The first-order valence-electron chi connectivity index (χ1n) is 4.43. The molecule has 1 aromatic carbocycles. The van der Waals surface area contributed by atoms with Gasteiger partial charge in [-0.1, -0.05) is 5.92 Å². The van der Waals surface area contributed by atoms with E-state index in [0.29, 0.717) is 13.1 Å². The van der Waals surface area contributed by atoms with Gasteiger partial charge in [0.1, 0.15) is 0 Å². The summed E-state index contributed by atoms with van der Waals surface area (Å²) in [5.74, 6) is 2.54. The summed E-state index contributed by atoms with van der Waals surface area (Å²) in [6.45, 7) is 1.42. The number of anilines is 1. The van der Waals surface area contributed by atoms with Crippen LogP contribution in [0.3, 0.4) is 0 Å². The summed E-state index contributed by atoms with van der Waals surface area (Å²) in [5, 5.41) is 2.74. The lowest BCUT2D eigenvalue weighted by atomic mass is 10.2. The molecule has 2 amide bonds. The van der Waals surface area contributed by atoms with E-state index in [1.807, 2.05) is 24.3 Å². The number of nitrogens with zero attached hydrogens (tertiary/aromatic N) is 1. The van der Waals surface area contributed by atoms with Crippen LogP contribution in [0.25, 0.3) is 0 Å². The molecular formula is C11H10N2O. The Morgan fingerprint density at radius 2 is 2.07 bits per heavy atom. The molecule has 0 saturated carbocycles. The molecule has 1 fully saturated rings. The van der Waals surface area contributed by atoms with Gasteiger partial charge in [-0.3, -0.25) is 4.90 Å². The maximum atomic E-state index is 11.3. The summed E-state index contributed by atoms with van der Waals surface area (Å²) in [5.41, 5.74) is 1.72. The lowest BCUT2D eigenvalue weighted by Gasteiger charge is -2.13. The Hall–Kier alpha value is -1.95. The first-order valence-corrected chi connectivity index (χ1v) is 4.43. The van der Waals surface area contributed by atoms with Crippen LogP contribution in [0.2, 0.25) is 0 Å². The molecule has 1 heterocycles. The molecular weight excluding hydrogens is 176 g/mol. The fraction of sp³-hybridized carbons (Fsp3) is 0.182. The highest BCUT2D eigenvalue weighted by molar-refractivity contribution is 5.94. The number of hydrogen-bond acceptors (Lipinski definition) is 1. The second kappa shape index (κ2) is 3.43. The number of hydrogen-bond donors (Lipinski definition) is 1. The summed E-state index contributed by atoms with van der Waals surface area (Å²) in [4.78, 5) is 13.0. The van der Waals surface area contributed by atoms with Crippen LogP contribution in [0.4, 0.5) is 10.5 Å². The molecule has 0 bridgehead atoms. The van der Waals surface area contributed by atoms with Crippen molar-refractivity contribution in [2.24, 2.45) is 0 Å². The highest BCUT2D eigenvalue weighted by Crippen LogP contribution is 2.16. The van der Waals surface area contributed by atoms with Crippen molar-refractivity contribution in [2.45, 2.75) is 0 Å². The van der Waals surface area contributed by atoms with Crippen molar-refractivity contribution in [3.63, 3.8) is 0 Å². The first-order chi connectivity index (χ1) is 6.81. The van der Waals surface area contributed by atoms with Crippen LogP contribution in [-0.4, -0.2) is 19.1 Å². The summed E-state index contributed by atoms with van der Waals surface area (Å²) in [6, 6.07) is 7.35. The Bertz CT molecular complexity index is 389. The predicted molar refractivity (Wildman–Crippen MR) is 55.1 cm³/mol. The minimum atomic E-state index is -0.0431. The van der Waals surface area contributed by atoms with E-state index in [1.54, 1.807) is 4.90 Å². The number of terminal acetylenes is 1. The van der Waals surface area contributed by atoms with Crippen LogP contribution in [0, 0.1) is 12.3 Å². The minimum absolute atomic E-state index is 0.0431. The van der Waals surface area contributed by atoms with Gasteiger partial charge >= 0.3 is 6.03 Å². The molecule has 14 heavy (non-hydrogen) atoms. The minimum Gasteiger partial charge on any atom is -0.336 e. The Balaban J connectivity index is 2.25. The largest absolute Gasteiger partial charge is 0.336 e. The topological polar surface area (TPSA) is 32.3 Å². The van der Waals surface area contributed by atoms with E-state index in [1.165, 1.54) is 0 Å². The van der Waals surface area contributed by atoms with Crippen molar-refractivity contribution in [3.05, 3.63) is 29.8 Å². The second-order valence-electron chi connectivity index (χ2n) is 3.07. The molecule has 70 valence electrons. The van der Waals surface area contributed by atoms with Gasteiger partial charge < -0.3 is 5.32 Å². The quantitative estimate of drug-likeness (QED) is 0.657. The van der Waals surface area contributed by atoms with E-state index in [2.05, 4.69) is 11.2 Å². The Labute approximate surface area is 82.7 Å². The smallest absolute Gasteiger partial charge is 0.321 e. The highest BCUT2D eigenvalue weighted by Gasteiger charge is 2.20. The Morgan fingerprint density at radius 3 is 2.57 bits per heavy atom. The number of amides is 2. The average Bonchev–Trinajstić information content (AvgIpc) is 2.65. The number of nitrogens with one attached hydrogen (secondary N) is 1. The van der Waals surface area contributed by atoms with Crippen LogP contribution in [0.15, 0.2) is 24.3 Å². The number of urea groups is 1. The van der Waals surface area contributed by atoms with Gasteiger partial charge in [0.15, 0.2) is 0 Å². The van der Waals surface area contributed by atoms with Crippen molar-refractivity contribution in [1.82, 2.24) is 5.32 Å². The third kappa shape index (κ3) is 1.42. The van der Waals surface area contributed by atoms with Gasteiger partial charge in [-0.15, -0.1) is 6.42 Å². The molecule has 0 radical (unpaired) electrons. The summed E-state index contributed by atoms with van der Waals surface area (Å²) in [6.07, 6.45) is 5.24. The molecule has 0 aromatic heterocycles. The van der Waals surface area contributed by atoms with Crippen molar-refractivity contribution in [1.29, 1.82) is 0 Å². The molecule has 0 atom stereocenters. The van der Waals surface area contributed by atoms with Gasteiger partial charge in [0, 0.05) is 24.3 Å². The molecule has 1 saturated heterocycles. The zero-order valence-electron chi connectivity index (χ0n) is 7.66.